The fourth-order valence-corrected chi connectivity index (χ4v) is 1.46. The van der Waals surface area contributed by atoms with Crippen LogP contribution in [0.5, 0.6) is 0 Å². The van der Waals surface area contributed by atoms with Gasteiger partial charge in [0.2, 0.25) is 0 Å². The molecule has 15 heavy (non-hydrogen) atoms. The first-order valence-corrected chi connectivity index (χ1v) is 4.97. The van der Waals surface area contributed by atoms with Crippen molar-refractivity contribution in [2.45, 2.75) is 32.4 Å². The number of hydrogen-bond acceptors (Lipinski definition) is 3. The molecule has 2 N–H and O–H groups in total. The second-order valence-corrected chi connectivity index (χ2v) is 3.80. The molecule has 0 aliphatic heterocycles. The van der Waals surface area contributed by atoms with Crippen LogP contribution in [0.4, 0.5) is 0 Å². The average Bonchev–Trinajstić information content (AvgIpc) is 2.49. The van der Waals surface area contributed by atoms with Crippen LogP contribution in [0.2, 0.25) is 0 Å². The van der Waals surface area contributed by atoms with Crippen LogP contribution in [-0.2, 0) is 7.05 Å². The summed E-state index contributed by atoms with van der Waals surface area (Å²) in [5.74, 6) is -0.164. The van der Waals surface area contributed by atoms with Crippen LogP contribution in [0.3, 0.4) is 0 Å². The molecule has 5 heteroatoms. The topological polar surface area (TPSA) is 67.2 Å². The lowest BCUT2D eigenvalue weighted by molar-refractivity contribution is 0.0913. The number of aryl methyl sites for hydroxylation is 1. The summed E-state index contributed by atoms with van der Waals surface area (Å²) in [7, 11) is 1.72. The Morgan fingerprint density at radius 2 is 2.33 bits per heavy atom. The van der Waals surface area contributed by atoms with Gasteiger partial charge in [-0.1, -0.05) is 0 Å². The number of amides is 1. The fourth-order valence-electron chi connectivity index (χ4n) is 1.46. The molecule has 2 atom stereocenters. The standard InChI is InChI=1S/C10H17N3O2/c1-7(6-8(2)14)12-10(15)9-4-5-11-13(9)3/h4-5,7-8,14H,6H2,1-3H3,(H,12,15). The molecule has 1 heterocycles. The minimum absolute atomic E-state index is 0.0487. The summed E-state index contributed by atoms with van der Waals surface area (Å²) in [6.45, 7) is 3.56. The number of carbonyl (C=O) groups excluding carboxylic acids is 1. The van der Waals surface area contributed by atoms with Crippen LogP contribution in [-0.4, -0.2) is 32.9 Å². The van der Waals surface area contributed by atoms with E-state index >= 15 is 0 Å². The zero-order chi connectivity index (χ0) is 11.4. The van der Waals surface area contributed by atoms with Crippen LogP contribution in [0.25, 0.3) is 0 Å². The Morgan fingerprint density at radius 1 is 1.67 bits per heavy atom. The largest absolute Gasteiger partial charge is 0.393 e. The van der Waals surface area contributed by atoms with Crippen molar-refractivity contribution in [3.63, 3.8) is 0 Å². The Kier molecular flexibility index (Phi) is 3.85. The van der Waals surface area contributed by atoms with E-state index in [1.54, 1.807) is 26.2 Å². The van der Waals surface area contributed by atoms with E-state index in [0.29, 0.717) is 12.1 Å². The van der Waals surface area contributed by atoms with Crippen molar-refractivity contribution < 1.29 is 9.90 Å². The maximum atomic E-state index is 11.7. The molecule has 5 nitrogen and oxygen atoms in total. The molecule has 0 bridgehead atoms. The summed E-state index contributed by atoms with van der Waals surface area (Å²) in [6, 6.07) is 1.61. The molecule has 0 aliphatic carbocycles. The molecule has 1 aromatic rings. The number of nitrogens with zero attached hydrogens (tertiary/aromatic N) is 2. The van der Waals surface area contributed by atoms with E-state index < -0.39 is 6.10 Å². The van der Waals surface area contributed by atoms with Gasteiger partial charge in [-0.05, 0) is 26.3 Å². The zero-order valence-electron chi connectivity index (χ0n) is 9.27. The molecule has 1 rings (SSSR count). The summed E-state index contributed by atoms with van der Waals surface area (Å²) >= 11 is 0. The third kappa shape index (κ3) is 3.36. The van der Waals surface area contributed by atoms with Crippen molar-refractivity contribution in [3.8, 4) is 0 Å². The predicted molar refractivity (Wildman–Crippen MR) is 56.4 cm³/mol. The summed E-state index contributed by atoms with van der Waals surface area (Å²) in [5, 5.41) is 15.9. The molecule has 1 amide bonds. The number of hydrogen-bond donors (Lipinski definition) is 2. The lowest BCUT2D eigenvalue weighted by atomic mass is 10.1. The third-order valence-electron chi connectivity index (χ3n) is 2.13. The van der Waals surface area contributed by atoms with Gasteiger partial charge in [0.1, 0.15) is 5.69 Å². The van der Waals surface area contributed by atoms with Crippen molar-refractivity contribution in [3.05, 3.63) is 18.0 Å². The molecular weight excluding hydrogens is 194 g/mol. The van der Waals surface area contributed by atoms with Crippen molar-refractivity contribution in [1.29, 1.82) is 0 Å². The molecule has 0 radical (unpaired) electrons. The Morgan fingerprint density at radius 3 is 2.80 bits per heavy atom. The highest BCUT2D eigenvalue weighted by molar-refractivity contribution is 5.92. The quantitative estimate of drug-likeness (QED) is 0.753. The molecular formula is C10H17N3O2. The minimum Gasteiger partial charge on any atom is -0.393 e. The first-order chi connectivity index (χ1) is 7.00. The molecule has 2 unspecified atom stereocenters. The maximum Gasteiger partial charge on any atom is 0.269 e. The van der Waals surface area contributed by atoms with Gasteiger partial charge in [-0.25, -0.2) is 0 Å². The van der Waals surface area contributed by atoms with E-state index in [4.69, 9.17) is 5.11 Å². The molecule has 0 spiro atoms. The number of nitrogens with one attached hydrogen (secondary N) is 1. The highest BCUT2D eigenvalue weighted by atomic mass is 16.3. The predicted octanol–water partition coefficient (Wildman–Crippen LogP) is 0.309. The van der Waals surface area contributed by atoms with Crippen molar-refractivity contribution in [2.24, 2.45) is 7.05 Å². The third-order valence-corrected chi connectivity index (χ3v) is 2.13. The first-order valence-electron chi connectivity index (χ1n) is 4.97. The molecule has 0 aromatic carbocycles. The summed E-state index contributed by atoms with van der Waals surface area (Å²) < 4.78 is 1.52. The number of rotatable bonds is 4. The van der Waals surface area contributed by atoms with Gasteiger partial charge in [-0.2, -0.15) is 5.10 Å². The molecule has 0 fully saturated rings. The lowest BCUT2D eigenvalue weighted by Gasteiger charge is -2.15. The van der Waals surface area contributed by atoms with Crippen LogP contribution in [0, 0.1) is 0 Å². The Balaban J connectivity index is 2.53. The maximum absolute atomic E-state index is 11.7. The summed E-state index contributed by atoms with van der Waals surface area (Å²) in [5.41, 5.74) is 0.521. The molecule has 0 saturated carbocycles. The van der Waals surface area contributed by atoms with E-state index in [-0.39, 0.29) is 11.9 Å². The normalized spacial score (nSPS) is 14.7. The van der Waals surface area contributed by atoms with E-state index in [9.17, 15) is 4.79 Å². The SMILES string of the molecule is CC(O)CC(C)NC(=O)c1ccnn1C. The first kappa shape index (κ1) is 11.7. The van der Waals surface area contributed by atoms with Gasteiger partial charge in [0, 0.05) is 19.3 Å². The van der Waals surface area contributed by atoms with E-state index in [1.165, 1.54) is 4.68 Å². The minimum atomic E-state index is -0.410. The van der Waals surface area contributed by atoms with Gasteiger partial charge >= 0.3 is 0 Å². The highest BCUT2D eigenvalue weighted by Gasteiger charge is 2.13. The Labute approximate surface area is 89.1 Å². The molecule has 84 valence electrons. The molecule has 0 aliphatic rings. The number of aliphatic hydroxyl groups excluding tert-OH is 1. The van der Waals surface area contributed by atoms with Crippen molar-refractivity contribution in [2.75, 3.05) is 0 Å². The van der Waals surface area contributed by atoms with Crippen LogP contribution < -0.4 is 5.32 Å². The van der Waals surface area contributed by atoms with Crippen LogP contribution in [0.1, 0.15) is 30.8 Å². The molecule has 0 saturated heterocycles. The van der Waals surface area contributed by atoms with E-state index in [2.05, 4.69) is 10.4 Å². The van der Waals surface area contributed by atoms with Crippen molar-refractivity contribution >= 4 is 5.91 Å². The average molecular weight is 211 g/mol. The number of aromatic nitrogens is 2. The second kappa shape index (κ2) is 4.93. The van der Waals surface area contributed by atoms with Gasteiger partial charge in [0.05, 0.1) is 6.10 Å². The van der Waals surface area contributed by atoms with Crippen LogP contribution >= 0.6 is 0 Å². The fraction of sp³-hybridized carbons (Fsp3) is 0.600. The van der Waals surface area contributed by atoms with Crippen LogP contribution in [0.15, 0.2) is 12.3 Å². The Bertz CT molecular complexity index is 333. The monoisotopic (exact) mass is 211 g/mol. The number of aliphatic hydroxyl groups is 1. The van der Waals surface area contributed by atoms with Gasteiger partial charge in [-0.15, -0.1) is 0 Å². The van der Waals surface area contributed by atoms with Gasteiger partial charge in [-0.3, -0.25) is 9.48 Å². The molecule has 1 aromatic heterocycles. The zero-order valence-corrected chi connectivity index (χ0v) is 9.27. The highest BCUT2D eigenvalue weighted by Crippen LogP contribution is 2.00. The second-order valence-electron chi connectivity index (χ2n) is 3.80. The van der Waals surface area contributed by atoms with Gasteiger partial charge in [0.15, 0.2) is 0 Å². The van der Waals surface area contributed by atoms with Gasteiger partial charge in [0.25, 0.3) is 5.91 Å². The number of carbonyl (C=O) groups is 1. The smallest absolute Gasteiger partial charge is 0.269 e. The van der Waals surface area contributed by atoms with E-state index in [0.717, 1.165) is 0 Å². The summed E-state index contributed by atoms with van der Waals surface area (Å²) in [6.07, 6.45) is 1.71. The van der Waals surface area contributed by atoms with Gasteiger partial charge < -0.3 is 10.4 Å². The van der Waals surface area contributed by atoms with E-state index in [1.807, 2.05) is 6.92 Å². The lowest BCUT2D eigenvalue weighted by Crippen LogP contribution is -2.35. The van der Waals surface area contributed by atoms with Crippen molar-refractivity contribution in [1.82, 2.24) is 15.1 Å². The Hall–Kier alpha value is -1.36. The summed E-state index contributed by atoms with van der Waals surface area (Å²) in [4.78, 5) is 11.7.